The molecule has 3 atom stereocenters. The average Bonchev–Trinajstić information content (AvgIpc) is 3.00. The Morgan fingerprint density at radius 2 is 2.27 bits per heavy atom. The molecule has 0 saturated heterocycles. The number of thiazole rings is 1. The van der Waals surface area contributed by atoms with E-state index in [0.29, 0.717) is 24.3 Å². The number of nitrogens with zero attached hydrogens (tertiary/aromatic N) is 1. The molecular weight excluding hydrogens is 300 g/mol. The Kier molecular flexibility index (Phi) is 4.66. The number of hydrogen-bond donors (Lipinski definition) is 2. The minimum Gasteiger partial charge on any atom is -0.469 e. The number of hydrogen-bond acceptors (Lipinski definition) is 6. The van der Waals surface area contributed by atoms with Crippen LogP contribution >= 0.6 is 11.3 Å². The number of ether oxygens (including phenoxy) is 1. The summed E-state index contributed by atoms with van der Waals surface area (Å²) in [7, 11) is 3.31. The van der Waals surface area contributed by atoms with Crippen molar-refractivity contribution in [1.82, 2.24) is 10.3 Å². The lowest BCUT2D eigenvalue weighted by Gasteiger charge is -2.53. The molecule has 3 unspecified atom stereocenters. The van der Waals surface area contributed by atoms with Crippen LogP contribution in [0.15, 0.2) is 11.6 Å². The lowest BCUT2D eigenvalue weighted by atomic mass is 9.57. The second kappa shape index (κ2) is 5.91. The number of rotatable bonds is 4. The van der Waals surface area contributed by atoms with Crippen LogP contribution in [0.25, 0.3) is 0 Å². The molecule has 2 rings (SSSR count). The Bertz CT molecular complexity index is 528. The molecule has 5 nitrogen and oxygen atoms in total. The molecule has 1 fully saturated rings. The predicted octanol–water partition coefficient (Wildman–Crippen LogP) is 2.31. The first kappa shape index (κ1) is 17.4. The third kappa shape index (κ3) is 2.68. The smallest absolute Gasteiger partial charge is 0.309 e. The van der Waals surface area contributed by atoms with Gasteiger partial charge in [0.25, 0.3) is 0 Å². The van der Waals surface area contributed by atoms with Gasteiger partial charge in [0.05, 0.1) is 18.6 Å². The van der Waals surface area contributed by atoms with Crippen molar-refractivity contribution in [2.75, 3.05) is 14.2 Å². The minimum atomic E-state index is -1.09. The SMILES string of the molecule is CNC1(C(C)(O)c2nccs2)CCC(C(=O)OC)C(C)(C)C1. The van der Waals surface area contributed by atoms with Crippen molar-refractivity contribution in [3.8, 4) is 0 Å². The van der Waals surface area contributed by atoms with E-state index in [1.807, 2.05) is 19.4 Å². The molecule has 0 aromatic carbocycles. The molecular formula is C16H26N2O3S. The van der Waals surface area contributed by atoms with Gasteiger partial charge < -0.3 is 15.2 Å². The maximum Gasteiger partial charge on any atom is 0.309 e. The van der Waals surface area contributed by atoms with E-state index >= 15 is 0 Å². The molecule has 2 N–H and O–H groups in total. The van der Waals surface area contributed by atoms with E-state index in [9.17, 15) is 9.90 Å². The first-order valence-electron chi connectivity index (χ1n) is 7.59. The first-order valence-corrected chi connectivity index (χ1v) is 8.47. The fourth-order valence-corrected chi connectivity index (χ4v) is 4.69. The summed E-state index contributed by atoms with van der Waals surface area (Å²) in [4.78, 5) is 16.4. The number of carbonyl (C=O) groups is 1. The largest absolute Gasteiger partial charge is 0.469 e. The molecule has 1 aliphatic carbocycles. The van der Waals surface area contributed by atoms with Gasteiger partial charge in [0.15, 0.2) is 0 Å². The topological polar surface area (TPSA) is 71.5 Å². The highest BCUT2D eigenvalue weighted by atomic mass is 32.1. The van der Waals surface area contributed by atoms with Gasteiger partial charge in [-0.2, -0.15) is 0 Å². The number of aliphatic hydroxyl groups is 1. The van der Waals surface area contributed by atoms with Crippen LogP contribution in [0.5, 0.6) is 0 Å². The summed E-state index contributed by atoms with van der Waals surface area (Å²) in [6.45, 7) is 5.95. The molecule has 1 aliphatic rings. The standard InChI is InChI=1S/C16H26N2O3S/c1-14(2)10-16(17-4,7-6-11(14)12(19)21-5)15(3,20)13-18-8-9-22-13/h8-9,11,17,20H,6-7,10H2,1-5H3. The number of likely N-dealkylation sites (N-methyl/N-ethyl adjacent to an activating group) is 1. The fourth-order valence-electron chi connectivity index (χ4n) is 3.89. The van der Waals surface area contributed by atoms with E-state index < -0.39 is 11.1 Å². The van der Waals surface area contributed by atoms with E-state index in [-0.39, 0.29) is 17.3 Å². The second-order valence-electron chi connectivity index (χ2n) is 7.02. The Morgan fingerprint density at radius 3 is 2.73 bits per heavy atom. The van der Waals surface area contributed by atoms with Gasteiger partial charge in [-0.3, -0.25) is 4.79 Å². The van der Waals surface area contributed by atoms with Crippen LogP contribution in [0.1, 0.15) is 45.0 Å². The zero-order chi connectivity index (χ0) is 16.6. The zero-order valence-electron chi connectivity index (χ0n) is 14.0. The van der Waals surface area contributed by atoms with E-state index in [0.717, 1.165) is 0 Å². The van der Waals surface area contributed by atoms with Crippen molar-refractivity contribution < 1.29 is 14.6 Å². The van der Waals surface area contributed by atoms with Crippen LogP contribution in [0.4, 0.5) is 0 Å². The van der Waals surface area contributed by atoms with Crippen LogP contribution < -0.4 is 5.32 Å². The molecule has 0 spiro atoms. The minimum absolute atomic E-state index is 0.147. The van der Waals surface area contributed by atoms with Gasteiger partial charge in [0, 0.05) is 11.6 Å². The van der Waals surface area contributed by atoms with Crippen LogP contribution in [0.2, 0.25) is 0 Å². The van der Waals surface area contributed by atoms with E-state index in [4.69, 9.17) is 4.74 Å². The number of nitrogens with one attached hydrogen (secondary N) is 1. The third-order valence-corrected chi connectivity index (χ3v) is 6.29. The molecule has 1 aromatic rings. The summed E-state index contributed by atoms with van der Waals surface area (Å²) in [6.07, 6.45) is 3.76. The highest BCUT2D eigenvalue weighted by Crippen LogP contribution is 2.52. The summed E-state index contributed by atoms with van der Waals surface area (Å²) in [5.41, 5.74) is -1.87. The van der Waals surface area contributed by atoms with Gasteiger partial charge >= 0.3 is 5.97 Å². The lowest BCUT2D eigenvalue weighted by molar-refractivity contribution is -0.157. The summed E-state index contributed by atoms with van der Waals surface area (Å²) in [5, 5.41) is 17.2. The fraction of sp³-hybridized carbons (Fsp3) is 0.750. The van der Waals surface area contributed by atoms with E-state index in [2.05, 4.69) is 24.1 Å². The number of methoxy groups -OCH3 is 1. The zero-order valence-corrected chi connectivity index (χ0v) is 14.8. The summed E-state index contributed by atoms with van der Waals surface area (Å²) in [5.74, 6) is -0.310. The van der Waals surface area contributed by atoms with Crippen LogP contribution in [-0.4, -0.2) is 35.8 Å². The highest BCUT2D eigenvalue weighted by Gasteiger charge is 2.56. The van der Waals surface area contributed by atoms with Gasteiger partial charge in [-0.25, -0.2) is 4.98 Å². The van der Waals surface area contributed by atoms with Crippen molar-refractivity contribution in [3.05, 3.63) is 16.6 Å². The van der Waals surface area contributed by atoms with Crippen molar-refractivity contribution in [2.24, 2.45) is 11.3 Å². The normalized spacial score (nSPS) is 30.5. The lowest BCUT2D eigenvalue weighted by Crippen LogP contribution is -2.63. The molecule has 0 amide bonds. The summed E-state index contributed by atoms with van der Waals surface area (Å²) >= 11 is 1.46. The number of aromatic nitrogens is 1. The summed E-state index contributed by atoms with van der Waals surface area (Å²) < 4.78 is 4.95. The van der Waals surface area contributed by atoms with Crippen LogP contribution in [0, 0.1) is 11.3 Å². The first-order chi connectivity index (χ1) is 10.2. The maximum atomic E-state index is 12.0. The predicted molar refractivity (Wildman–Crippen MR) is 86.6 cm³/mol. The molecule has 1 aromatic heterocycles. The van der Waals surface area contributed by atoms with Crippen molar-refractivity contribution in [2.45, 2.75) is 51.2 Å². The molecule has 1 saturated carbocycles. The second-order valence-corrected chi connectivity index (χ2v) is 7.92. The van der Waals surface area contributed by atoms with Gasteiger partial charge in [0.1, 0.15) is 10.6 Å². The van der Waals surface area contributed by atoms with Crippen molar-refractivity contribution in [3.63, 3.8) is 0 Å². The third-order valence-electron chi connectivity index (χ3n) is 5.31. The molecule has 1 heterocycles. The summed E-state index contributed by atoms with van der Waals surface area (Å²) in [6, 6.07) is 0. The van der Waals surface area contributed by atoms with Gasteiger partial charge in [0.2, 0.25) is 0 Å². The van der Waals surface area contributed by atoms with Crippen LogP contribution in [0.3, 0.4) is 0 Å². The van der Waals surface area contributed by atoms with Crippen molar-refractivity contribution in [1.29, 1.82) is 0 Å². The molecule has 124 valence electrons. The Balaban J connectivity index is 2.36. The number of carbonyl (C=O) groups excluding carboxylic acids is 1. The average molecular weight is 326 g/mol. The molecule has 0 radical (unpaired) electrons. The molecule has 6 heteroatoms. The van der Waals surface area contributed by atoms with Gasteiger partial charge in [-0.1, -0.05) is 13.8 Å². The Labute approximate surface area is 136 Å². The maximum absolute atomic E-state index is 12.0. The Morgan fingerprint density at radius 1 is 1.59 bits per heavy atom. The quantitative estimate of drug-likeness (QED) is 0.831. The molecule has 0 aliphatic heterocycles. The van der Waals surface area contributed by atoms with Crippen LogP contribution in [-0.2, 0) is 15.1 Å². The number of esters is 1. The van der Waals surface area contributed by atoms with Gasteiger partial charge in [-0.15, -0.1) is 11.3 Å². The monoisotopic (exact) mass is 326 g/mol. The molecule has 22 heavy (non-hydrogen) atoms. The van der Waals surface area contributed by atoms with Gasteiger partial charge in [-0.05, 0) is 38.6 Å². The molecule has 0 bridgehead atoms. The van der Waals surface area contributed by atoms with E-state index in [1.165, 1.54) is 18.4 Å². The van der Waals surface area contributed by atoms with E-state index in [1.54, 1.807) is 6.20 Å². The Hall–Kier alpha value is -0.980. The highest BCUT2D eigenvalue weighted by molar-refractivity contribution is 7.09. The van der Waals surface area contributed by atoms with Crippen molar-refractivity contribution >= 4 is 17.3 Å².